The Morgan fingerprint density at radius 3 is 3.06 bits per heavy atom. The van der Waals surface area contributed by atoms with Gasteiger partial charge in [-0.3, -0.25) is 4.40 Å². The van der Waals surface area contributed by atoms with Crippen molar-refractivity contribution in [3.05, 3.63) is 24.1 Å². The molecular formula is C11H13FN4O. The van der Waals surface area contributed by atoms with Crippen LogP contribution in [-0.4, -0.2) is 39.4 Å². The van der Waals surface area contributed by atoms with E-state index in [0.717, 1.165) is 19.5 Å². The Morgan fingerprint density at radius 2 is 2.29 bits per heavy atom. The number of nitrogens with zero attached hydrogens (tertiary/aromatic N) is 4. The third-order valence-electron chi connectivity index (χ3n) is 3.18. The molecule has 5 nitrogen and oxygen atoms in total. The number of hydrogen-bond acceptors (Lipinski definition) is 4. The lowest BCUT2D eigenvalue weighted by molar-refractivity contribution is 0.238. The number of anilines is 1. The van der Waals surface area contributed by atoms with Crippen molar-refractivity contribution in [1.29, 1.82) is 0 Å². The predicted octanol–water partition coefficient (Wildman–Crippen LogP) is 0.687. The summed E-state index contributed by atoms with van der Waals surface area (Å²) in [5.74, 6) is 0.614. The molecule has 0 aromatic carbocycles. The van der Waals surface area contributed by atoms with E-state index >= 15 is 0 Å². The summed E-state index contributed by atoms with van der Waals surface area (Å²) in [6, 6.07) is 2.97. The van der Waals surface area contributed by atoms with E-state index in [9.17, 15) is 4.39 Å². The van der Waals surface area contributed by atoms with Gasteiger partial charge in [-0.25, -0.2) is 4.39 Å². The van der Waals surface area contributed by atoms with Gasteiger partial charge in [-0.15, -0.1) is 10.2 Å². The topological polar surface area (TPSA) is 53.7 Å². The summed E-state index contributed by atoms with van der Waals surface area (Å²) in [6.07, 6.45) is 2.32. The van der Waals surface area contributed by atoms with Gasteiger partial charge in [-0.05, 0) is 18.6 Å². The third kappa shape index (κ3) is 1.74. The van der Waals surface area contributed by atoms with Gasteiger partial charge in [0.25, 0.3) is 0 Å². The van der Waals surface area contributed by atoms with Crippen molar-refractivity contribution in [3.8, 4) is 0 Å². The number of rotatable bonds is 2. The fourth-order valence-electron chi connectivity index (χ4n) is 2.23. The van der Waals surface area contributed by atoms with Crippen LogP contribution in [0.2, 0.25) is 0 Å². The molecule has 3 rings (SSSR count). The van der Waals surface area contributed by atoms with Crippen LogP contribution in [0.15, 0.2) is 18.3 Å². The Labute approximate surface area is 97.5 Å². The summed E-state index contributed by atoms with van der Waals surface area (Å²) in [5, 5.41) is 17.2. The first kappa shape index (κ1) is 10.5. The van der Waals surface area contributed by atoms with Crippen LogP contribution in [0.5, 0.6) is 0 Å². The highest BCUT2D eigenvalue weighted by atomic mass is 19.1. The normalized spacial score (nSPS) is 20.4. The highest BCUT2D eigenvalue weighted by Gasteiger charge is 2.25. The lowest BCUT2D eigenvalue weighted by Gasteiger charge is -2.15. The molecule has 0 radical (unpaired) electrons. The van der Waals surface area contributed by atoms with E-state index in [1.54, 1.807) is 10.5 Å². The molecule has 1 aliphatic rings. The number of hydrogen-bond donors (Lipinski definition) is 1. The Morgan fingerprint density at radius 1 is 1.41 bits per heavy atom. The minimum Gasteiger partial charge on any atom is -0.396 e. The van der Waals surface area contributed by atoms with E-state index < -0.39 is 0 Å². The average Bonchev–Trinajstić information content (AvgIpc) is 2.93. The zero-order chi connectivity index (χ0) is 11.8. The molecule has 1 fully saturated rings. The van der Waals surface area contributed by atoms with Crippen molar-refractivity contribution in [3.63, 3.8) is 0 Å². The fraction of sp³-hybridized carbons (Fsp3) is 0.455. The van der Waals surface area contributed by atoms with Crippen molar-refractivity contribution in [2.75, 3.05) is 24.6 Å². The molecule has 1 saturated heterocycles. The van der Waals surface area contributed by atoms with Crippen molar-refractivity contribution >= 4 is 11.6 Å². The van der Waals surface area contributed by atoms with Crippen molar-refractivity contribution in [2.24, 2.45) is 5.92 Å². The summed E-state index contributed by atoms with van der Waals surface area (Å²) < 4.78 is 14.8. The van der Waals surface area contributed by atoms with Gasteiger partial charge >= 0.3 is 0 Å². The Bertz CT molecular complexity index is 541. The molecule has 2 aromatic heterocycles. The first-order valence-corrected chi connectivity index (χ1v) is 5.64. The number of aliphatic hydroxyl groups is 1. The first-order valence-electron chi connectivity index (χ1n) is 5.64. The van der Waals surface area contributed by atoms with Crippen LogP contribution in [0.4, 0.5) is 10.3 Å². The van der Waals surface area contributed by atoms with Gasteiger partial charge < -0.3 is 10.0 Å². The van der Waals surface area contributed by atoms with Crippen LogP contribution in [0.25, 0.3) is 5.65 Å². The molecule has 1 atom stereocenters. The molecule has 0 aliphatic carbocycles. The summed E-state index contributed by atoms with van der Waals surface area (Å²) in [4.78, 5) is 2.03. The van der Waals surface area contributed by atoms with Crippen LogP contribution in [0, 0.1) is 11.7 Å². The van der Waals surface area contributed by atoms with E-state index in [2.05, 4.69) is 10.2 Å². The quantitative estimate of drug-likeness (QED) is 0.833. The predicted molar refractivity (Wildman–Crippen MR) is 60.4 cm³/mol. The maximum atomic E-state index is 13.2. The largest absolute Gasteiger partial charge is 0.396 e. The maximum absolute atomic E-state index is 13.2. The third-order valence-corrected chi connectivity index (χ3v) is 3.18. The lowest BCUT2D eigenvalue weighted by atomic mass is 10.1. The van der Waals surface area contributed by atoms with E-state index in [1.807, 2.05) is 4.90 Å². The van der Waals surface area contributed by atoms with E-state index in [-0.39, 0.29) is 18.3 Å². The van der Waals surface area contributed by atoms with Crippen LogP contribution in [-0.2, 0) is 0 Å². The summed E-state index contributed by atoms with van der Waals surface area (Å²) in [5.41, 5.74) is 0.633. The van der Waals surface area contributed by atoms with E-state index in [4.69, 9.17) is 5.11 Å². The summed E-state index contributed by atoms with van der Waals surface area (Å²) in [6.45, 7) is 1.75. The van der Waals surface area contributed by atoms with Gasteiger partial charge in [0.1, 0.15) is 5.82 Å². The molecular weight excluding hydrogens is 223 g/mol. The SMILES string of the molecule is OCC1CCN(c2nnc3ccc(F)cn23)C1. The van der Waals surface area contributed by atoms with Gasteiger partial charge in [-0.2, -0.15) is 0 Å². The molecule has 90 valence electrons. The molecule has 1 N–H and O–H groups in total. The second-order valence-electron chi connectivity index (χ2n) is 4.36. The number of halogens is 1. The fourth-order valence-corrected chi connectivity index (χ4v) is 2.23. The zero-order valence-electron chi connectivity index (χ0n) is 9.25. The molecule has 0 amide bonds. The number of aromatic nitrogens is 3. The first-order chi connectivity index (χ1) is 8.28. The average molecular weight is 236 g/mol. The highest BCUT2D eigenvalue weighted by Crippen LogP contribution is 2.22. The standard InChI is InChI=1S/C11H13FN4O/c12-9-1-2-10-13-14-11(16(10)6-9)15-4-3-8(5-15)7-17/h1-2,6,8,17H,3-5,7H2. The van der Waals surface area contributed by atoms with Gasteiger partial charge in [0.15, 0.2) is 5.65 Å². The van der Waals surface area contributed by atoms with Crippen molar-refractivity contribution in [2.45, 2.75) is 6.42 Å². The molecule has 1 aliphatic heterocycles. The highest BCUT2D eigenvalue weighted by molar-refractivity contribution is 5.47. The monoisotopic (exact) mass is 236 g/mol. The zero-order valence-corrected chi connectivity index (χ0v) is 9.25. The Kier molecular flexibility index (Phi) is 2.44. The van der Waals surface area contributed by atoms with E-state index in [1.165, 1.54) is 12.3 Å². The minimum absolute atomic E-state index is 0.182. The second-order valence-corrected chi connectivity index (χ2v) is 4.36. The second kappa shape index (κ2) is 3.96. The van der Waals surface area contributed by atoms with Crippen LogP contribution >= 0.6 is 0 Å². The van der Waals surface area contributed by atoms with Gasteiger partial charge in [-0.1, -0.05) is 0 Å². The van der Waals surface area contributed by atoms with Crippen LogP contribution in [0.1, 0.15) is 6.42 Å². The Hall–Kier alpha value is -1.69. The molecule has 0 bridgehead atoms. The van der Waals surface area contributed by atoms with Crippen molar-refractivity contribution < 1.29 is 9.50 Å². The minimum atomic E-state index is -0.309. The van der Waals surface area contributed by atoms with Gasteiger partial charge in [0.05, 0.1) is 0 Å². The Balaban J connectivity index is 1.98. The van der Waals surface area contributed by atoms with Crippen LogP contribution in [0.3, 0.4) is 0 Å². The van der Waals surface area contributed by atoms with Gasteiger partial charge in [0.2, 0.25) is 5.95 Å². The van der Waals surface area contributed by atoms with E-state index in [0.29, 0.717) is 11.6 Å². The molecule has 17 heavy (non-hydrogen) atoms. The molecule has 1 unspecified atom stereocenters. The lowest BCUT2D eigenvalue weighted by Crippen LogP contribution is -2.22. The molecule has 6 heteroatoms. The number of fused-ring (bicyclic) bond motifs is 1. The van der Waals surface area contributed by atoms with Gasteiger partial charge in [0, 0.05) is 31.8 Å². The number of pyridine rings is 1. The van der Waals surface area contributed by atoms with Crippen LogP contribution < -0.4 is 4.90 Å². The smallest absolute Gasteiger partial charge is 0.231 e. The summed E-state index contributed by atoms with van der Waals surface area (Å²) in [7, 11) is 0. The maximum Gasteiger partial charge on any atom is 0.231 e. The molecule has 2 aromatic rings. The number of aliphatic hydroxyl groups excluding tert-OH is 1. The summed E-state index contributed by atoms with van der Waals surface area (Å²) >= 11 is 0. The molecule has 0 spiro atoms. The molecule has 0 saturated carbocycles. The van der Waals surface area contributed by atoms with Crippen molar-refractivity contribution in [1.82, 2.24) is 14.6 Å². The molecule has 3 heterocycles.